The van der Waals surface area contributed by atoms with Gasteiger partial charge in [-0.1, -0.05) is 11.2 Å². The van der Waals surface area contributed by atoms with E-state index < -0.39 is 0 Å². The van der Waals surface area contributed by atoms with Crippen LogP contribution in [0.15, 0.2) is 34.9 Å². The molecule has 0 atom stereocenters. The summed E-state index contributed by atoms with van der Waals surface area (Å²) in [5.74, 6) is 2.13. The van der Waals surface area contributed by atoms with E-state index in [1.165, 1.54) is 0 Å². The zero-order chi connectivity index (χ0) is 17.6. The second-order valence-electron chi connectivity index (χ2n) is 5.28. The minimum Gasteiger partial charge on any atom is -0.508 e. The fourth-order valence-corrected chi connectivity index (χ4v) is 2.14. The van der Waals surface area contributed by atoms with Crippen molar-refractivity contribution in [3.05, 3.63) is 47.7 Å². The number of nitrogens with one attached hydrogen (secondary N) is 2. The lowest BCUT2D eigenvalue weighted by Crippen LogP contribution is -2.06. The van der Waals surface area contributed by atoms with Crippen LogP contribution in [-0.4, -0.2) is 32.3 Å². The summed E-state index contributed by atoms with van der Waals surface area (Å²) < 4.78 is 9.97. The molecule has 25 heavy (non-hydrogen) atoms. The Balaban J connectivity index is 1.68. The summed E-state index contributed by atoms with van der Waals surface area (Å²) in [6.45, 7) is 2.50. The van der Waals surface area contributed by atoms with Crippen molar-refractivity contribution >= 4 is 17.5 Å². The highest BCUT2D eigenvalue weighted by Crippen LogP contribution is 2.19. The van der Waals surface area contributed by atoms with Gasteiger partial charge in [0.05, 0.1) is 6.54 Å². The topological polar surface area (TPSA) is 118 Å². The largest absolute Gasteiger partial charge is 0.508 e. The summed E-state index contributed by atoms with van der Waals surface area (Å²) >= 11 is 0. The van der Waals surface area contributed by atoms with Crippen LogP contribution in [0.3, 0.4) is 0 Å². The van der Waals surface area contributed by atoms with Crippen molar-refractivity contribution in [1.29, 1.82) is 0 Å². The number of nitrogens with zero attached hydrogens (tertiary/aromatic N) is 4. The Morgan fingerprint density at radius 1 is 1.20 bits per heavy atom. The van der Waals surface area contributed by atoms with Crippen LogP contribution in [0.1, 0.15) is 17.4 Å². The summed E-state index contributed by atoms with van der Waals surface area (Å²) in [6.07, 6.45) is 0. The van der Waals surface area contributed by atoms with Crippen LogP contribution in [0.4, 0.5) is 17.5 Å². The van der Waals surface area contributed by atoms with E-state index in [0.29, 0.717) is 35.7 Å². The number of aryl methyl sites for hydroxylation is 1. The van der Waals surface area contributed by atoms with Gasteiger partial charge in [0.1, 0.15) is 18.2 Å². The molecule has 2 aromatic heterocycles. The average Bonchev–Trinajstić information content (AvgIpc) is 3.00. The molecule has 0 bridgehead atoms. The van der Waals surface area contributed by atoms with E-state index in [-0.39, 0.29) is 12.4 Å². The Morgan fingerprint density at radius 2 is 2.08 bits per heavy atom. The maximum absolute atomic E-state index is 9.53. The molecule has 3 N–H and O–H groups in total. The number of hydrogen-bond donors (Lipinski definition) is 3. The normalized spacial score (nSPS) is 10.6. The first-order valence-corrected chi connectivity index (χ1v) is 7.58. The van der Waals surface area contributed by atoms with Crippen LogP contribution < -0.4 is 10.6 Å². The lowest BCUT2D eigenvalue weighted by molar-refractivity contribution is 0.151. The highest BCUT2D eigenvalue weighted by atomic mass is 16.5. The number of phenolic OH excluding ortho intramolecular Hbond substituents is 1. The van der Waals surface area contributed by atoms with Gasteiger partial charge >= 0.3 is 0 Å². The Morgan fingerprint density at radius 3 is 2.88 bits per heavy atom. The summed E-state index contributed by atoms with van der Waals surface area (Å²) in [5, 5.41) is 19.6. The van der Waals surface area contributed by atoms with Crippen molar-refractivity contribution in [2.45, 2.75) is 20.1 Å². The molecular weight excluding hydrogens is 324 g/mol. The van der Waals surface area contributed by atoms with Crippen LogP contribution in [-0.2, 0) is 17.9 Å². The van der Waals surface area contributed by atoms with Crippen LogP contribution in [0, 0.1) is 6.92 Å². The van der Waals surface area contributed by atoms with Gasteiger partial charge in [0.2, 0.25) is 5.95 Å². The van der Waals surface area contributed by atoms with Crippen LogP contribution in [0.25, 0.3) is 0 Å². The number of ether oxygens (including phenoxy) is 1. The van der Waals surface area contributed by atoms with Crippen LogP contribution in [0.2, 0.25) is 0 Å². The summed E-state index contributed by atoms with van der Waals surface area (Å²) in [4.78, 5) is 12.9. The molecule has 0 saturated carbocycles. The number of aromatic hydroxyl groups is 1. The third-order valence-corrected chi connectivity index (χ3v) is 3.16. The average molecular weight is 342 g/mol. The molecule has 9 nitrogen and oxygen atoms in total. The Kier molecular flexibility index (Phi) is 5.05. The summed E-state index contributed by atoms with van der Waals surface area (Å²) in [5.41, 5.74) is 1.48. The van der Waals surface area contributed by atoms with E-state index in [0.717, 1.165) is 5.69 Å². The van der Waals surface area contributed by atoms with E-state index in [4.69, 9.17) is 9.26 Å². The molecule has 0 spiro atoms. The van der Waals surface area contributed by atoms with Gasteiger partial charge in [-0.3, -0.25) is 0 Å². The number of hydrogen-bond acceptors (Lipinski definition) is 9. The molecule has 3 aromatic rings. The van der Waals surface area contributed by atoms with E-state index >= 15 is 0 Å². The minimum absolute atomic E-state index is 0.167. The number of aromatic nitrogens is 4. The van der Waals surface area contributed by atoms with Gasteiger partial charge in [-0.05, 0) is 19.1 Å². The second kappa shape index (κ2) is 7.58. The van der Waals surface area contributed by atoms with Gasteiger partial charge in [0.15, 0.2) is 5.82 Å². The first kappa shape index (κ1) is 16.7. The summed E-state index contributed by atoms with van der Waals surface area (Å²) in [7, 11) is 1.56. The van der Waals surface area contributed by atoms with Gasteiger partial charge in [0, 0.05) is 30.6 Å². The third-order valence-electron chi connectivity index (χ3n) is 3.16. The van der Waals surface area contributed by atoms with Gasteiger partial charge in [-0.25, -0.2) is 4.98 Å². The van der Waals surface area contributed by atoms with Gasteiger partial charge < -0.3 is 25.0 Å². The Bertz CT molecular complexity index is 851. The molecule has 130 valence electrons. The number of methoxy groups -OCH3 is 1. The van der Waals surface area contributed by atoms with E-state index in [1.807, 2.05) is 19.1 Å². The Labute approximate surface area is 144 Å². The molecule has 3 rings (SSSR count). The van der Waals surface area contributed by atoms with Crippen molar-refractivity contribution in [2.24, 2.45) is 0 Å². The maximum Gasteiger partial charge on any atom is 0.252 e. The van der Waals surface area contributed by atoms with Crippen molar-refractivity contribution in [3.8, 4) is 5.75 Å². The van der Waals surface area contributed by atoms with Crippen molar-refractivity contribution in [2.75, 3.05) is 17.7 Å². The second-order valence-corrected chi connectivity index (χ2v) is 5.28. The minimum atomic E-state index is 0.167. The molecular formula is C16H18N6O3. The molecule has 0 saturated heterocycles. The van der Waals surface area contributed by atoms with E-state index in [1.54, 1.807) is 25.3 Å². The molecule has 0 unspecified atom stereocenters. The van der Waals surface area contributed by atoms with Gasteiger partial charge in [-0.15, -0.1) is 0 Å². The molecule has 9 heteroatoms. The van der Waals surface area contributed by atoms with Crippen LogP contribution >= 0.6 is 0 Å². The van der Waals surface area contributed by atoms with Crippen LogP contribution in [0.5, 0.6) is 5.75 Å². The number of phenols is 1. The monoisotopic (exact) mass is 342 g/mol. The van der Waals surface area contributed by atoms with E-state index in [2.05, 4.69) is 30.7 Å². The van der Waals surface area contributed by atoms with Crippen molar-refractivity contribution in [1.82, 2.24) is 20.1 Å². The number of benzene rings is 1. The fourth-order valence-electron chi connectivity index (χ4n) is 2.14. The molecule has 1 aromatic carbocycles. The fraction of sp³-hybridized carbons (Fsp3) is 0.250. The number of anilines is 3. The number of rotatable bonds is 7. The summed E-state index contributed by atoms with van der Waals surface area (Å²) in [6, 6.07) is 8.55. The lowest BCUT2D eigenvalue weighted by Gasteiger charge is -2.09. The molecule has 0 aliphatic rings. The first-order chi connectivity index (χ1) is 12.1. The molecule has 0 amide bonds. The predicted octanol–water partition coefficient (Wildman–Crippen LogP) is 2.38. The van der Waals surface area contributed by atoms with Gasteiger partial charge in [0.25, 0.3) is 5.89 Å². The maximum atomic E-state index is 9.53. The molecule has 2 heterocycles. The van der Waals surface area contributed by atoms with Crippen molar-refractivity contribution < 1.29 is 14.4 Å². The molecule has 0 fully saturated rings. The first-order valence-electron chi connectivity index (χ1n) is 7.58. The smallest absolute Gasteiger partial charge is 0.252 e. The Hall–Kier alpha value is -3.20. The highest BCUT2D eigenvalue weighted by Gasteiger charge is 2.08. The molecule has 0 aliphatic carbocycles. The van der Waals surface area contributed by atoms with E-state index in [9.17, 15) is 5.11 Å². The standard InChI is InChI=1S/C16H18N6O3/c1-10-6-13(17-8-14-20-15(9-24-2)25-22-14)21-16(18-10)19-11-4-3-5-12(23)7-11/h3-7,23H,8-9H2,1-2H3,(H2,17,18,19,21). The highest BCUT2D eigenvalue weighted by molar-refractivity contribution is 5.57. The lowest BCUT2D eigenvalue weighted by atomic mass is 10.3. The molecule has 0 radical (unpaired) electrons. The SMILES string of the molecule is COCc1nc(CNc2cc(C)nc(Nc3cccc(O)c3)n2)no1. The molecule has 0 aliphatic heterocycles. The van der Waals surface area contributed by atoms with Gasteiger partial charge in [-0.2, -0.15) is 9.97 Å². The predicted molar refractivity (Wildman–Crippen MR) is 90.5 cm³/mol. The zero-order valence-electron chi connectivity index (χ0n) is 13.9. The van der Waals surface area contributed by atoms with Crippen molar-refractivity contribution in [3.63, 3.8) is 0 Å². The third kappa shape index (κ3) is 4.64. The quantitative estimate of drug-likeness (QED) is 0.594. The zero-order valence-corrected chi connectivity index (χ0v) is 13.9.